The highest BCUT2D eigenvalue weighted by Crippen LogP contribution is 2.34. The molecular formula is C20H27NO7S. The van der Waals surface area contributed by atoms with Gasteiger partial charge < -0.3 is 9.47 Å². The van der Waals surface area contributed by atoms with Gasteiger partial charge >= 0.3 is 11.9 Å². The van der Waals surface area contributed by atoms with E-state index in [9.17, 15) is 22.8 Å². The number of ketones is 1. The molecule has 0 N–H and O–H groups in total. The first-order valence-electron chi connectivity index (χ1n) is 9.38. The van der Waals surface area contributed by atoms with Crippen molar-refractivity contribution in [2.45, 2.75) is 44.0 Å². The summed E-state index contributed by atoms with van der Waals surface area (Å²) in [6.07, 6.45) is 0.879. The molecule has 0 amide bonds. The number of hydrogen-bond acceptors (Lipinski definition) is 7. The fourth-order valence-electron chi connectivity index (χ4n) is 3.73. The van der Waals surface area contributed by atoms with Crippen molar-refractivity contribution >= 4 is 27.7 Å². The van der Waals surface area contributed by atoms with E-state index in [0.717, 1.165) is 19.8 Å². The first-order chi connectivity index (χ1) is 13.6. The van der Waals surface area contributed by atoms with Crippen LogP contribution in [0.3, 0.4) is 0 Å². The van der Waals surface area contributed by atoms with Gasteiger partial charge in [0.2, 0.25) is 10.0 Å². The number of aryl methyl sites for hydroxylation is 1. The summed E-state index contributed by atoms with van der Waals surface area (Å²) in [7, 11) is -1.53. The predicted octanol–water partition coefficient (Wildman–Crippen LogP) is 1.71. The van der Waals surface area contributed by atoms with Crippen molar-refractivity contribution in [3.8, 4) is 0 Å². The van der Waals surface area contributed by atoms with Crippen molar-refractivity contribution in [2.24, 2.45) is 11.8 Å². The Morgan fingerprint density at radius 3 is 2.14 bits per heavy atom. The maximum absolute atomic E-state index is 13.2. The molecule has 1 aliphatic rings. The zero-order valence-corrected chi connectivity index (χ0v) is 17.9. The summed E-state index contributed by atoms with van der Waals surface area (Å²) in [4.78, 5) is 36.7. The van der Waals surface area contributed by atoms with Gasteiger partial charge in [0, 0.05) is 18.5 Å². The monoisotopic (exact) mass is 425 g/mol. The van der Waals surface area contributed by atoms with Crippen LogP contribution in [0.4, 0.5) is 0 Å². The number of nitrogens with zero attached hydrogens (tertiary/aromatic N) is 1. The van der Waals surface area contributed by atoms with Gasteiger partial charge in [0.05, 0.1) is 19.1 Å². The fraction of sp³-hybridized carbons (Fsp3) is 0.550. The number of carbonyl (C=O) groups is 3. The van der Waals surface area contributed by atoms with E-state index in [4.69, 9.17) is 0 Å². The Labute approximate surface area is 171 Å². The molecule has 0 aromatic heterocycles. The lowest BCUT2D eigenvalue weighted by molar-refractivity contribution is -0.159. The lowest BCUT2D eigenvalue weighted by atomic mass is 9.85. The van der Waals surface area contributed by atoms with Crippen molar-refractivity contribution < 1.29 is 32.3 Å². The second-order valence-corrected chi connectivity index (χ2v) is 9.08. The molecule has 1 fully saturated rings. The summed E-state index contributed by atoms with van der Waals surface area (Å²) in [5.74, 6) is -4.04. The van der Waals surface area contributed by atoms with E-state index in [0.29, 0.717) is 12.8 Å². The van der Waals surface area contributed by atoms with E-state index in [1.807, 2.05) is 6.92 Å². The molecule has 0 saturated carbocycles. The highest BCUT2D eigenvalue weighted by Gasteiger charge is 2.44. The molecule has 1 saturated heterocycles. The fourth-order valence-corrected chi connectivity index (χ4v) is 5.46. The van der Waals surface area contributed by atoms with Crippen molar-refractivity contribution in [1.82, 2.24) is 4.31 Å². The normalized spacial score (nSPS) is 18.4. The number of carbonyl (C=O) groups excluding carboxylic acids is 3. The summed E-state index contributed by atoms with van der Waals surface area (Å²) in [6.45, 7) is 3.47. The SMILES string of the molecule is COC(=O)C(C[C@H](C(C)=O)[C@H]1CCCN1S(=O)(=O)c1ccc(C)cc1)C(=O)OC. The molecule has 2 atom stereocenters. The van der Waals surface area contributed by atoms with E-state index in [1.54, 1.807) is 12.1 Å². The third kappa shape index (κ3) is 5.02. The number of rotatable bonds is 8. The van der Waals surface area contributed by atoms with Crippen LogP contribution in [-0.2, 0) is 33.9 Å². The molecule has 0 radical (unpaired) electrons. The molecule has 0 aliphatic carbocycles. The van der Waals surface area contributed by atoms with Crippen LogP contribution in [0.5, 0.6) is 0 Å². The number of esters is 2. The van der Waals surface area contributed by atoms with Crippen LogP contribution >= 0.6 is 0 Å². The van der Waals surface area contributed by atoms with Gasteiger partial charge in [-0.2, -0.15) is 4.31 Å². The third-order valence-corrected chi connectivity index (χ3v) is 7.26. The molecule has 29 heavy (non-hydrogen) atoms. The highest BCUT2D eigenvalue weighted by molar-refractivity contribution is 7.89. The predicted molar refractivity (Wildman–Crippen MR) is 104 cm³/mol. The molecule has 1 heterocycles. The topological polar surface area (TPSA) is 107 Å². The number of benzene rings is 1. The number of Topliss-reactive ketones (excluding diaryl/α,β-unsaturated/α-hetero) is 1. The van der Waals surface area contributed by atoms with Crippen molar-refractivity contribution in [1.29, 1.82) is 0 Å². The van der Waals surface area contributed by atoms with Crippen LogP contribution in [0.2, 0.25) is 0 Å². The Morgan fingerprint density at radius 2 is 1.66 bits per heavy atom. The summed E-state index contributed by atoms with van der Waals surface area (Å²) in [5, 5.41) is 0. The molecular weight excluding hydrogens is 398 g/mol. The Bertz CT molecular complexity index is 847. The van der Waals surface area contributed by atoms with E-state index < -0.39 is 39.8 Å². The van der Waals surface area contributed by atoms with Crippen LogP contribution in [-0.4, -0.2) is 57.3 Å². The average Bonchev–Trinajstić information content (AvgIpc) is 3.18. The molecule has 1 aliphatic heterocycles. The van der Waals surface area contributed by atoms with Gasteiger partial charge in [0.15, 0.2) is 5.92 Å². The molecule has 2 rings (SSSR count). The first-order valence-corrected chi connectivity index (χ1v) is 10.8. The zero-order valence-electron chi connectivity index (χ0n) is 17.1. The van der Waals surface area contributed by atoms with Gasteiger partial charge in [0.25, 0.3) is 0 Å². The quantitative estimate of drug-likeness (QED) is 0.461. The van der Waals surface area contributed by atoms with E-state index in [1.165, 1.54) is 23.4 Å². The second-order valence-electron chi connectivity index (χ2n) is 7.19. The lowest BCUT2D eigenvalue weighted by Crippen LogP contribution is -2.44. The Hall–Kier alpha value is -2.26. The number of sulfonamides is 1. The molecule has 0 spiro atoms. The Morgan fingerprint density at radius 1 is 1.10 bits per heavy atom. The van der Waals surface area contributed by atoms with Crippen LogP contribution in [0.1, 0.15) is 31.7 Å². The van der Waals surface area contributed by atoms with Crippen molar-refractivity contribution in [3.05, 3.63) is 29.8 Å². The third-order valence-electron chi connectivity index (χ3n) is 5.32. The average molecular weight is 426 g/mol. The minimum absolute atomic E-state index is 0.148. The Kier molecular flexibility index (Phi) is 7.54. The van der Waals surface area contributed by atoms with Crippen LogP contribution < -0.4 is 0 Å². The largest absolute Gasteiger partial charge is 0.468 e. The lowest BCUT2D eigenvalue weighted by Gasteiger charge is -2.31. The van der Waals surface area contributed by atoms with Gasteiger partial charge in [0.1, 0.15) is 5.78 Å². The molecule has 1 aromatic rings. The highest BCUT2D eigenvalue weighted by atomic mass is 32.2. The maximum atomic E-state index is 13.2. The standard InChI is InChI=1S/C20H27NO7S/c1-13-7-9-15(10-8-13)29(25,26)21-11-5-6-18(21)16(14(2)22)12-17(19(23)27-3)20(24)28-4/h7-10,16-18H,5-6,11-12H2,1-4H3/t16-,18-/m1/s1. The molecule has 0 bridgehead atoms. The van der Waals surface area contributed by atoms with Crippen LogP contribution in [0.15, 0.2) is 29.2 Å². The van der Waals surface area contributed by atoms with Gasteiger partial charge in [-0.25, -0.2) is 8.42 Å². The molecule has 9 heteroatoms. The second kappa shape index (κ2) is 9.49. The van der Waals surface area contributed by atoms with E-state index in [2.05, 4.69) is 9.47 Å². The van der Waals surface area contributed by atoms with Gasteiger partial charge in [-0.1, -0.05) is 17.7 Å². The maximum Gasteiger partial charge on any atom is 0.320 e. The molecule has 0 unspecified atom stereocenters. The minimum Gasteiger partial charge on any atom is -0.468 e. The number of hydrogen-bond donors (Lipinski definition) is 0. The number of ether oxygens (including phenoxy) is 2. The van der Waals surface area contributed by atoms with E-state index >= 15 is 0 Å². The smallest absolute Gasteiger partial charge is 0.320 e. The minimum atomic E-state index is -3.82. The number of methoxy groups -OCH3 is 2. The van der Waals surface area contributed by atoms with Gasteiger partial charge in [-0.05, 0) is 45.2 Å². The summed E-state index contributed by atoms with van der Waals surface area (Å²) < 4.78 is 37.0. The van der Waals surface area contributed by atoms with Crippen LogP contribution in [0, 0.1) is 18.8 Å². The van der Waals surface area contributed by atoms with E-state index in [-0.39, 0.29) is 23.6 Å². The molecule has 160 valence electrons. The summed E-state index contributed by atoms with van der Waals surface area (Å²) in [5.41, 5.74) is 0.933. The Balaban J connectivity index is 2.36. The summed E-state index contributed by atoms with van der Waals surface area (Å²) >= 11 is 0. The van der Waals surface area contributed by atoms with Crippen molar-refractivity contribution in [3.63, 3.8) is 0 Å². The van der Waals surface area contributed by atoms with Gasteiger partial charge in [-0.15, -0.1) is 0 Å². The first kappa shape index (κ1) is 23.0. The van der Waals surface area contributed by atoms with Gasteiger partial charge in [-0.3, -0.25) is 14.4 Å². The van der Waals surface area contributed by atoms with Crippen LogP contribution in [0.25, 0.3) is 0 Å². The summed E-state index contributed by atoms with van der Waals surface area (Å²) in [6, 6.07) is 5.86. The zero-order chi connectivity index (χ0) is 21.8. The molecule has 1 aromatic carbocycles. The molecule has 8 nitrogen and oxygen atoms in total. The van der Waals surface area contributed by atoms with Crippen molar-refractivity contribution in [2.75, 3.05) is 20.8 Å².